The van der Waals surface area contributed by atoms with Crippen LogP contribution in [0.3, 0.4) is 0 Å². The van der Waals surface area contributed by atoms with Gasteiger partial charge in [0.25, 0.3) is 0 Å². The number of piperazine rings is 1. The topological polar surface area (TPSA) is 160 Å². The molecule has 1 fully saturated rings. The minimum absolute atomic E-state index is 0.0201. The smallest absolute Gasteiger partial charge is 0.336 e. The van der Waals surface area contributed by atoms with Crippen molar-refractivity contribution in [2.24, 2.45) is 0 Å². The first-order chi connectivity index (χ1) is 20.4. The van der Waals surface area contributed by atoms with Crippen LogP contribution >= 0.6 is 0 Å². The molecule has 0 bridgehead atoms. The number of hydrogen-bond donors (Lipinski definition) is 2. The third-order valence-electron chi connectivity index (χ3n) is 7.31. The maximum absolute atomic E-state index is 13.7. The van der Waals surface area contributed by atoms with E-state index in [4.69, 9.17) is 19.6 Å². The van der Waals surface area contributed by atoms with E-state index >= 15 is 0 Å². The highest BCUT2D eigenvalue weighted by Crippen LogP contribution is 2.33. The van der Waals surface area contributed by atoms with Gasteiger partial charge in [0, 0.05) is 39.3 Å². The van der Waals surface area contributed by atoms with Crippen molar-refractivity contribution < 1.29 is 23.0 Å². The number of sulfonamides is 1. The summed E-state index contributed by atoms with van der Waals surface area (Å²) in [6.45, 7) is 8.26. The number of rotatable bonds is 14. The lowest BCUT2D eigenvalue weighted by atomic mass is 10.2. The molecule has 0 amide bonds. The van der Waals surface area contributed by atoms with Crippen LogP contribution in [0.15, 0.2) is 34.2 Å². The number of fused-ring (bicyclic) bond motifs is 3. The van der Waals surface area contributed by atoms with E-state index in [2.05, 4.69) is 20.1 Å². The maximum atomic E-state index is 13.7. The number of ether oxygens (including phenoxy) is 2. The van der Waals surface area contributed by atoms with Gasteiger partial charge in [0.2, 0.25) is 10.0 Å². The molecule has 14 nitrogen and oxygen atoms in total. The van der Waals surface area contributed by atoms with Crippen LogP contribution in [0.1, 0.15) is 33.1 Å². The Kier molecular flexibility index (Phi) is 9.53. The quantitative estimate of drug-likeness (QED) is 0.202. The second kappa shape index (κ2) is 13.3. The normalized spacial score (nSPS) is 15.2. The first-order valence-corrected chi connectivity index (χ1v) is 15.8. The lowest BCUT2D eigenvalue weighted by Crippen LogP contribution is -2.49. The molecule has 5 rings (SSSR count). The highest BCUT2D eigenvalue weighted by molar-refractivity contribution is 7.89. The van der Waals surface area contributed by atoms with E-state index in [0.717, 1.165) is 19.3 Å². The molecule has 1 aliphatic rings. The van der Waals surface area contributed by atoms with Gasteiger partial charge in [-0.2, -0.15) is 4.31 Å². The lowest BCUT2D eigenvalue weighted by Gasteiger charge is -2.33. The largest absolute Gasteiger partial charge is 0.493 e. The first kappa shape index (κ1) is 30.1. The van der Waals surface area contributed by atoms with Crippen molar-refractivity contribution in [3.05, 3.63) is 35.0 Å². The SMILES string of the molecule is CCCCn1c(=O)n2cnnc2c2[nH]c(-c3cc(S(=O)(=O)N4CCN(CCOCCO)CC4)ccc3OCCC)nc21. The van der Waals surface area contributed by atoms with Crippen molar-refractivity contribution >= 4 is 26.8 Å². The Bertz CT molecular complexity index is 1670. The predicted molar refractivity (Wildman–Crippen MR) is 156 cm³/mol. The van der Waals surface area contributed by atoms with Crippen LogP contribution < -0.4 is 10.4 Å². The molecule has 4 aromatic rings. The minimum atomic E-state index is -3.80. The van der Waals surface area contributed by atoms with E-state index in [0.29, 0.717) is 93.0 Å². The molecule has 0 atom stereocenters. The minimum Gasteiger partial charge on any atom is -0.493 e. The number of aryl methyl sites for hydroxylation is 1. The van der Waals surface area contributed by atoms with E-state index in [1.807, 2.05) is 13.8 Å². The van der Waals surface area contributed by atoms with Gasteiger partial charge in [-0.1, -0.05) is 20.3 Å². The van der Waals surface area contributed by atoms with E-state index in [1.165, 1.54) is 15.0 Å². The predicted octanol–water partition coefficient (Wildman–Crippen LogP) is 1.34. The van der Waals surface area contributed by atoms with Crippen molar-refractivity contribution in [2.75, 3.05) is 59.2 Å². The molecule has 0 saturated carbocycles. The number of aliphatic hydroxyl groups is 1. The molecule has 0 aliphatic carbocycles. The zero-order valence-electron chi connectivity index (χ0n) is 24.0. The summed E-state index contributed by atoms with van der Waals surface area (Å²) in [4.78, 5) is 23.5. The van der Waals surface area contributed by atoms with Crippen LogP contribution in [-0.2, 0) is 21.3 Å². The Labute approximate surface area is 243 Å². The fraction of sp³-hybridized carbons (Fsp3) is 0.556. The van der Waals surface area contributed by atoms with Crippen LogP contribution in [0.5, 0.6) is 5.75 Å². The number of hydrogen-bond acceptors (Lipinski definition) is 10. The molecule has 15 heteroatoms. The number of benzene rings is 1. The number of nitrogens with one attached hydrogen (secondary N) is 1. The van der Waals surface area contributed by atoms with Crippen molar-refractivity contribution in [3.8, 4) is 17.1 Å². The molecule has 4 heterocycles. The van der Waals surface area contributed by atoms with Crippen molar-refractivity contribution in [1.29, 1.82) is 0 Å². The average Bonchev–Trinajstić information content (AvgIpc) is 3.67. The van der Waals surface area contributed by atoms with Gasteiger partial charge in [-0.25, -0.2) is 22.6 Å². The first-order valence-electron chi connectivity index (χ1n) is 14.4. The molecule has 3 aromatic heterocycles. The summed E-state index contributed by atoms with van der Waals surface area (Å²) in [6, 6.07) is 4.81. The standard InChI is InChI=1S/C27H38N8O6S/c1-3-5-8-34-25-23(26-31-28-19-35(26)27(34)37)29-24(30-25)21-18-20(6-7-22(21)41-15-4-2)42(38,39)33-11-9-32(10-12-33)13-16-40-17-14-36/h6-7,18-19,36H,3-5,8-17H2,1-2H3,(H,29,30). The van der Waals surface area contributed by atoms with E-state index < -0.39 is 10.0 Å². The molecule has 1 saturated heterocycles. The number of imidazole rings is 1. The van der Waals surface area contributed by atoms with Crippen molar-refractivity contribution in [1.82, 2.24) is 38.3 Å². The fourth-order valence-corrected chi connectivity index (χ4v) is 6.47. The summed E-state index contributed by atoms with van der Waals surface area (Å²) < 4.78 is 43.3. The lowest BCUT2D eigenvalue weighted by molar-refractivity contribution is 0.0661. The zero-order chi connectivity index (χ0) is 29.7. The Morgan fingerprint density at radius 1 is 1.02 bits per heavy atom. The molecule has 228 valence electrons. The Balaban J connectivity index is 1.49. The third-order valence-corrected chi connectivity index (χ3v) is 9.20. The van der Waals surface area contributed by atoms with Crippen LogP contribution in [-0.4, -0.2) is 111 Å². The monoisotopic (exact) mass is 602 g/mol. The van der Waals surface area contributed by atoms with Gasteiger partial charge >= 0.3 is 5.69 Å². The molecule has 0 unspecified atom stereocenters. The highest BCUT2D eigenvalue weighted by Gasteiger charge is 2.30. The third kappa shape index (κ3) is 6.06. The number of aromatic amines is 1. The number of unbranched alkanes of at least 4 members (excludes halogenated alkanes) is 1. The fourth-order valence-electron chi connectivity index (χ4n) is 5.02. The second-order valence-corrected chi connectivity index (χ2v) is 12.1. The van der Waals surface area contributed by atoms with Gasteiger partial charge in [0.05, 0.1) is 36.9 Å². The summed E-state index contributed by atoms with van der Waals surface area (Å²) in [5.74, 6) is 0.865. The maximum Gasteiger partial charge on any atom is 0.336 e. The van der Waals surface area contributed by atoms with Crippen LogP contribution in [0.25, 0.3) is 28.2 Å². The number of aliphatic hydroxyl groups excluding tert-OH is 1. The van der Waals surface area contributed by atoms with Crippen LogP contribution in [0.4, 0.5) is 0 Å². The molecule has 0 spiro atoms. The Hall–Kier alpha value is -3.37. The number of aromatic nitrogens is 6. The summed E-state index contributed by atoms with van der Waals surface area (Å²) in [5.41, 5.74) is 1.50. The van der Waals surface area contributed by atoms with E-state index in [1.54, 1.807) is 22.8 Å². The summed E-state index contributed by atoms with van der Waals surface area (Å²) in [6.07, 6.45) is 3.83. The number of nitrogens with zero attached hydrogens (tertiary/aromatic N) is 7. The molecule has 1 aromatic carbocycles. The van der Waals surface area contributed by atoms with Gasteiger partial charge < -0.3 is 19.6 Å². The van der Waals surface area contributed by atoms with Crippen LogP contribution in [0.2, 0.25) is 0 Å². The average molecular weight is 603 g/mol. The van der Waals surface area contributed by atoms with E-state index in [-0.39, 0.29) is 17.2 Å². The summed E-state index contributed by atoms with van der Waals surface area (Å²) in [5, 5.41) is 16.9. The van der Waals surface area contributed by atoms with Crippen molar-refractivity contribution in [2.45, 2.75) is 44.6 Å². The molecule has 2 N–H and O–H groups in total. The second-order valence-electron chi connectivity index (χ2n) is 10.2. The van der Waals surface area contributed by atoms with Gasteiger partial charge in [-0.05, 0) is 31.0 Å². The zero-order valence-corrected chi connectivity index (χ0v) is 24.8. The van der Waals surface area contributed by atoms with Gasteiger partial charge in [0.15, 0.2) is 11.3 Å². The van der Waals surface area contributed by atoms with Gasteiger partial charge in [0.1, 0.15) is 23.4 Å². The Morgan fingerprint density at radius 3 is 2.57 bits per heavy atom. The molecular weight excluding hydrogens is 564 g/mol. The molecular formula is C27H38N8O6S. The highest BCUT2D eigenvalue weighted by atomic mass is 32.2. The number of H-pyrrole nitrogens is 1. The molecule has 42 heavy (non-hydrogen) atoms. The summed E-state index contributed by atoms with van der Waals surface area (Å²) in [7, 11) is -3.80. The molecule has 1 aliphatic heterocycles. The van der Waals surface area contributed by atoms with Crippen molar-refractivity contribution in [3.63, 3.8) is 0 Å². The van der Waals surface area contributed by atoms with E-state index in [9.17, 15) is 13.2 Å². The van der Waals surface area contributed by atoms with Gasteiger partial charge in [-0.15, -0.1) is 10.2 Å². The summed E-state index contributed by atoms with van der Waals surface area (Å²) >= 11 is 0. The Morgan fingerprint density at radius 2 is 1.83 bits per heavy atom. The van der Waals surface area contributed by atoms with Gasteiger partial charge in [-0.3, -0.25) is 9.47 Å². The molecule has 0 radical (unpaired) electrons. The van der Waals surface area contributed by atoms with Crippen LogP contribution in [0, 0.1) is 0 Å².